The van der Waals surface area contributed by atoms with Crippen LogP contribution in [0.5, 0.6) is 0 Å². The average molecular weight is 206 g/mol. The van der Waals surface area contributed by atoms with Crippen molar-refractivity contribution < 1.29 is 4.79 Å². The molecule has 0 aromatic heterocycles. The largest absolute Gasteiger partial charge is 0.389 e. The van der Waals surface area contributed by atoms with Crippen molar-refractivity contribution >= 4 is 29.2 Å². The Morgan fingerprint density at radius 2 is 1.79 bits per heavy atom. The monoisotopic (exact) mass is 206 g/mol. The number of hydrogen-bond donors (Lipinski definition) is 2. The molecule has 1 aromatic carbocycles. The highest BCUT2D eigenvalue weighted by molar-refractivity contribution is 7.80. The molecule has 3 nitrogen and oxygen atoms in total. The summed E-state index contributed by atoms with van der Waals surface area (Å²) in [6.07, 6.45) is 2.93. The Bertz CT molecular complexity index is 382. The van der Waals surface area contributed by atoms with E-state index in [1.54, 1.807) is 18.2 Å². The topological polar surface area (TPSA) is 69.1 Å². The van der Waals surface area contributed by atoms with E-state index in [2.05, 4.69) is 0 Å². The van der Waals surface area contributed by atoms with Crippen molar-refractivity contribution in [2.45, 2.75) is 0 Å². The Hall–Kier alpha value is -1.68. The number of thiocarbonyl (C=S) groups is 1. The van der Waals surface area contributed by atoms with Crippen LogP contribution in [0, 0.1) is 0 Å². The molecule has 0 spiro atoms. The number of carbonyl (C=O) groups excluding carboxylic acids is 1. The lowest BCUT2D eigenvalue weighted by molar-refractivity contribution is -0.113. The van der Waals surface area contributed by atoms with Crippen LogP contribution in [0.3, 0.4) is 0 Å². The van der Waals surface area contributed by atoms with E-state index in [0.717, 1.165) is 11.1 Å². The van der Waals surface area contributed by atoms with Crippen molar-refractivity contribution in [1.29, 1.82) is 0 Å². The van der Waals surface area contributed by atoms with Crippen molar-refractivity contribution in [3.63, 3.8) is 0 Å². The molecule has 0 radical (unpaired) electrons. The van der Waals surface area contributed by atoms with E-state index in [-0.39, 0.29) is 0 Å². The summed E-state index contributed by atoms with van der Waals surface area (Å²) in [5.74, 6) is -0.469. The van der Waals surface area contributed by atoms with Gasteiger partial charge in [0.15, 0.2) is 0 Å². The van der Waals surface area contributed by atoms with Crippen LogP contribution >= 0.6 is 12.2 Å². The van der Waals surface area contributed by atoms with E-state index in [1.807, 2.05) is 12.1 Å². The maximum atomic E-state index is 10.4. The quantitative estimate of drug-likeness (QED) is 0.568. The molecule has 0 aliphatic rings. The second-order valence-corrected chi connectivity index (χ2v) is 3.16. The van der Waals surface area contributed by atoms with Gasteiger partial charge in [-0.05, 0) is 11.6 Å². The zero-order valence-corrected chi connectivity index (χ0v) is 8.25. The fourth-order valence-corrected chi connectivity index (χ4v) is 1.07. The average Bonchev–Trinajstić information content (AvgIpc) is 2.15. The predicted molar refractivity (Wildman–Crippen MR) is 60.6 cm³/mol. The smallest absolute Gasteiger partial charge is 0.241 e. The molecule has 1 rings (SSSR count). The minimum atomic E-state index is -0.469. The fourth-order valence-electron chi connectivity index (χ4n) is 0.937. The second-order valence-electron chi connectivity index (χ2n) is 2.72. The van der Waals surface area contributed by atoms with Gasteiger partial charge in [0.1, 0.15) is 4.99 Å². The Kier molecular flexibility index (Phi) is 3.36. The fraction of sp³-hybridized carbons (Fsp3) is 0. The number of nitrogens with two attached hydrogens (primary N) is 2. The van der Waals surface area contributed by atoms with Crippen LogP contribution < -0.4 is 11.5 Å². The molecule has 0 fully saturated rings. The summed E-state index contributed by atoms with van der Waals surface area (Å²) in [5.41, 5.74) is 12.1. The van der Waals surface area contributed by atoms with Gasteiger partial charge >= 0.3 is 0 Å². The Morgan fingerprint density at radius 1 is 1.21 bits per heavy atom. The third-order valence-corrected chi connectivity index (χ3v) is 1.87. The van der Waals surface area contributed by atoms with E-state index in [9.17, 15) is 4.79 Å². The Balaban J connectivity index is 2.83. The first-order valence-corrected chi connectivity index (χ1v) is 4.38. The first kappa shape index (κ1) is 10.4. The molecule has 0 saturated carbocycles. The zero-order valence-electron chi connectivity index (χ0n) is 7.44. The van der Waals surface area contributed by atoms with Crippen LogP contribution in [0.4, 0.5) is 0 Å². The highest BCUT2D eigenvalue weighted by Gasteiger charge is 1.94. The molecule has 0 aliphatic heterocycles. The molecule has 0 atom stereocenters. The Labute approximate surface area is 87.4 Å². The van der Waals surface area contributed by atoms with Crippen molar-refractivity contribution in [2.75, 3.05) is 0 Å². The molecule has 0 heterocycles. The molecule has 1 amide bonds. The van der Waals surface area contributed by atoms with E-state index >= 15 is 0 Å². The number of benzene rings is 1. The normalized spacial score (nSPS) is 10.3. The van der Waals surface area contributed by atoms with Crippen LogP contribution in [0.2, 0.25) is 0 Å². The third-order valence-electron chi connectivity index (χ3n) is 1.64. The van der Waals surface area contributed by atoms with Crippen molar-refractivity contribution in [1.82, 2.24) is 0 Å². The van der Waals surface area contributed by atoms with Gasteiger partial charge in [-0.3, -0.25) is 4.79 Å². The first-order valence-electron chi connectivity index (χ1n) is 3.97. The summed E-state index contributed by atoms with van der Waals surface area (Å²) in [6, 6.07) is 7.22. The molecule has 0 unspecified atom stereocenters. The lowest BCUT2D eigenvalue weighted by atomic mass is 10.1. The third kappa shape index (κ3) is 2.99. The summed E-state index contributed by atoms with van der Waals surface area (Å²) in [5, 5.41) is 0. The van der Waals surface area contributed by atoms with Gasteiger partial charge in [0.2, 0.25) is 5.91 Å². The summed E-state index contributed by atoms with van der Waals surface area (Å²) in [6.45, 7) is 0. The minimum Gasteiger partial charge on any atom is -0.389 e. The number of primary amides is 1. The van der Waals surface area contributed by atoms with E-state index < -0.39 is 5.91 Å². The molecular weight excluding hydrogens is 196 g/mol. The molecule has 4 heteroatoms. The van der Waals surface area contributed by atoms with Gasteiger partial charge in [0, 0.05) is 11.6 Å². The highest BCUT2D eigenvalue weighted by atomic mass is 32.1. The molecule has 0 aliphatic carbocycles. The van der Waals surface area contributed by atoms with Gasteiger partial charge in [-0.2, -0.15) is 0 Å². The summed E-state index contributed by atoms with van der Waals surface area (Å²) < 4.78 is 0. The van der Waals surface area contributed by atoms with Crippen LogP contribution in [0.1, 0.15) is 11.1 Å². The van der Waals surface area contributed by atoms with Gasteiger partial charge < -0.3 is 11.5 Å². The number of rotatable bonds is 3. The SMILES string of the molecule is NC(=O)C=Cc1ccc(C(N)=S)cc1. The first-order chi connectivity index (χ1) is 6.59. The van der Waals surface area contributed by atoms with E-state index in [1.165, 1.54) is 6.08 Å². The van der Waals surface area contributed by atoms with Gasteiger partial charge in [-0.15, -0.1) is 0 Å². The van der Waals surface area contributed by atoms with Crippen LogP contribution in [0.15, 0.2) is 30.3 Å². The molecule has 0 bridgehead atoms. The highest BCUT2D eigenvalue weighted by Crippen LogP contribution is 2.05. The number of amides is 1. The molecule has 14 heavy (non-hydrogen) atoms. The van der Waals surface area contributed by atoms with Crippen molar-refractivity contribution in [2.24, 2.45) is 11.5 Å². The van der Waals surface area contributed by atoms with Crippen LogP contribution in [-0.4, -0.2) is 10.9 Å². The summed E-state index contributed by atoms with van der Waals surface area (Å²) >= 11 is 4.80. The molecular formula is C10H10N2OS. The standard InChI is InChI=1S/C10H10N2OS/c11-9(13)6-3-7-1-4-8(5-2-7)10(12)14/h1-6H,(H2,11,13)(H2,12,14). The van der Waals surface area contributed by atoms with Gasteiger partial charge in [0.25, 0.3) is 0 Å². The lowest BCUT2D eigenvalue weighted by Crippen LogP contribution is -2.08. The predicted octanol–water partition coefficient (Wildman–Crippen LogP) is 0.819. The molecule has 4 N–H and O–H groups in total. The zero-order chi connectivity index (χ0) is 10.6. The minimum absolute atomic E-state index is 0.357. The molecule has 1 aromatic rings. The van der Waals surface area contributed by atoms with E-state index in [0.29, 0.717) is 4.99 Å². The maximum absolute atomic E-state index is 10.4. The van der Waals surface area contributed by atoms with Gasteiger partial charge in [-0.25, -0.2) is 0 Å². The summed E-state index contributed by atoms with van der Waals surface area (Å²) in [7, 11) is 0. The summed E-state index contributed by atoms with van der Waals surface area (Å²) in [4.78, 5) is 10.8. The molecule has 72 valence electrons. The van der Waals surface area contributed by atoms with Gasteiger partial charge in [-0.1, -0.05) is 36.5 Å². The van der Waals surface area contributed by atoms with Crippen LogP contribution in [0.25, 0.3) is 6.08 Å². The van der Waals surface area contributed by atoms with Crippen LogP contribution in [-0.2, 0) is 4.79 Å². The van der Waals surface area contributed by atoms with Crippen molar-refractivity contribution in [3.8, 4) is 0 Å². The molecule has 0 saturated heterocycles. The number of hydrogen-bond acceptors (Lipinski definition) is 2. The lowest BCUT2D eigenvalue weighted by Gasteiger charge is -1.97. The van der Waals surface area contributed by atoms with Gasteiger partial charge in [0.05, 0.1) is 0 Å². The van der Waals surface area contributed by atoms with E-state index in [4.69, 9.17) is 23.7 Å². The Morgan fingerprint density at radius 3 is 2.21 bits per heavy atom. The van der Waals surface area contributed by atoms with Crippen molar-refractivity contribution in [3.05, 3.63) is 41.5 Å². The maximum Gasteiger partial charge on any atom is 0.241 e. The second kappa shape index (κ2) is 4.53. The number of carbonyl (C=O) groups is 1.